The normalized spacial score (nSPS) is 10.8. The van der Waals surface area contributed by atoms with E-state index in [0.29, 0.717) is 16.7 Å². The molecule has 0 unspecified atom stereocenters. The maximum absolute atomic E-state index is 12.0. The van der Waals surface area contributed by atoms with Crippen LogP contribution in [0.25, 0.3) is 0 Å². The fourth-order valence-electron chi connectivity index (χ4n) is 2.15. The summed E-state index contributed by atoms with van der Waals surface area (Å²) >= 11 is 2.68. The summed E-state index contributed by atoms with van der Waals surface area (Å²) in [5.41, 5.74) is 2.96. The van der Waals surface area contributed by atoms with Gasteiger partial charge in [0.1, 0.15) is 10.8 Å². The second-order valence-electron chi connectivity index (χ2n) is 5.42. The van der Waals surface area contributed by atoms with E-state index >= 15 is 0 Å². The number of aryl methyl sites for hydroxylation is 2. The number of phenolic OH excluding ortho intramolecular Hbond substituents is 1. The topological polar surface area (TPSA) is 104 Å². The number of imidazole rings is 1. The lowest BCUT2D eigenvalue weighted by Crippen LogP contribution is -2.13. The Balaban J connectivity index is 1.56. The first-order valence-corrected chi connectivity index (χ1v) is 9.36. The summed E-state index contributed by atoms with van der Waals surface area (Å²) in [5, 5.41) is 21.8. The van der Waals surface area contributed by atoms with Gasteiger partial charge < -0.3 is 10.1 Å². The smallest absolute Gasteiger partial charge is 0.236 e. The minimum absolute atomic E-state index is 0.143. The van der Waals surface area contributed by atoms with Crippen LogP contribution in [0.15, 0.2) is 29.4 Å². The van der Waals surface area contributed by atoms with E-state index in [-0.39, 0.29) is 17.4 Å². The van der Waals surface area contributed by atoms with Gasteiger partial charge in [-0.3, -0.25) is 10.1 Å². The molecule has 0 atom stereocenters. The van der Waals surface area contributed by atoms with Crippen molar-refractivity contribution in [2.45, 2.75) is 25.4 Å². The number of aromatic nitrogens is 4. The number of H-pyrrole nitrogens is 1. The Morgan fingerprint density at radius 2 is 2.04 bits per heavy atom. The third kappa shape index (κ3) is 4.80. The van der Waals surface area contributed by atoms with E-state index in [2.05, 4.69) is 25.5 Å². The highest BCUT2D eigenvalue weighted by Crippen LogP contribution is 2.21. The molecule has 0 bridgehead atoms. The van der Waals surface area contributed by atoms with Gasteiger partial charge in [0, 0.05) is 12.1 Å². The molecule has 130 valence electrons. The van der Waals surface area contributed by atoms with Crippen LogP contribution in [-0.4, -0.2) is 36.9 Å². The van der Waals surface area contributed by atoms with E-state index in [1.165, 1.54) is 23.1 Å². The van der Waals surface area contributed by atoms with Crippen molar-refractivity contribution in [1.29, 1.82) is 0 Å². The molecule has 0 saturated carbocycles. The van der Waals surface area contributed by atoms with Crippen LogP contribution in [0.5, 0.6) is 5.75 Å². The number of aromatic amines is 1. The Bertz CT molecular complexity index is 873. The fourth-order valence-corrected chi connectivity index (χ4v) is 3.50. The second-order valence-corrected chi connectivity index (χ2v) is 7.57. The molecule has 3 aromatic rings. The van der Waals surface area contributed by atoms with Crippen molar-refractivity contribution in [3.05, 3.63) is 46.2 Å². The third-order valence-corrected chi connectivity index (χ3v) is 5.01. The molecular formula is C16H17N5O2S2. The number of nitrogens with one attached hydrogen (secondary N) is 2. The minimum Gasteiger partial charge on any atom is -0.508 e. The van der Waals surface area contributed by atoms with Crippen LogP contribution in [0.4, 0.5) is 5.13 Å². The summed E-state index contributed by atoms with van der Waals surface area (Å²) in [7, 11) is 0. The molecule has 1 amide bonds. The molecule has 0 fully saturated rings. The van der Waals surface area contributed by atoms with Crippen molar-refractivity contribution < 1.29 is 9.90 Å². The maximum atomic E-state index is 12.0. The lowest BCUT2D eigenvalue weighted by molar-refractivity contribution is -0.113. The summed E-state index contributed by atoms with van der Waals surface area (Å²) in [5.74, 6) is 0.343. The monoisotopic (exact) mass is 375 g/mol. The van der Waals surface area contributed by atoms with Crippen LogP contribution < -0.4 is 5.32 Å². The molecule has 0 aliphatic heterocycles. The number of carbonyl (C=O) groups excluding carboxylic acids is 1. The highest BCUT2D eigenvalue weighted by Gasteiger charge is 2.11. The number of amides is 1. The number of nitrogens with zero attached hydrogens (tertiary/aromatic N) is 3. The predicted molar refractivity (Wildman–Crippen MR) is 98.2 cm³/mol. The zero-order valence-electron chi connectivity index (χ0n) is 13.7. The summed E-state index contributed by atoms with van der Waals surface area (Å²) in [6.45, 7) is 3.79. The molecule has 3 rings (SSSR count). The van der Waals surface area contributed by atoms with Crippen LogP contribution in [0, 0.1) is 13.8 Å². The average Bonchev–Trinajstić information content (AvgIpc) is 3.13. The van der Waals surface area contributed by atoms with Crippen molar-refractivity contribution in [2.75, 3.05) is 11.1 Å². The van der Waals surface area contributed by atoms with Crippen LogP contribution in [0.3, 0.4) is 0 Å². The van der Waals surface area contributed by atoms with E-state index in [0.717, 1.165) is 22.0 Å². The number of carbonyl (C=O) groups is 1. The van der Waals surface area contributed by atoms with Gasteiger partial charge in [-0.05, 0) is 31.5 Å². The van der Waals surface area contributed by atoms with Crippen LogP contribution in [-0.2, 0) is 11.2 Å². The molecule has 2 aromatic heterocycles. The molecule has 0 radical (unpaired) electrons. The SMILES string of the molecule is Cc1nnc(NC(=O)CSc2nc(Cc3ccc(O)cc3)c(C)[nH]2)s1. The minimum atomic E-state index is -0.143. The van der Waals surface area contributed by atoms with Crippen molar-refractivity contribution in [3.8, 4) is 5.75 Å². The number of thioether (sulfide) groups is 1. The van der Waals surface area contributed by atoms with E-state index in [4.69, 9.17) is 0 Å². The average molecular weight is 375 g/mol. The summed E-state index contributed by atoms with van der Waals surface area (Å²) in [4.78, 5) is 19.7. The number of rotatable bonds is 6. The predicted octanol–water partition coefficient (Wildman–Crippen LogP) is 2.91. The number of phenols is 1. The van der Waals surface area contributed by atoms with E-state index in [1.807, 2.05) is 26.0 Å². The molecule has 2 heterocycles. The number of benzene rings is 1. The van der Waals surface area contributed by atoms with Crippen molar-refractivity contribution in [3.63, 3.8) is 0 Å². The standard InChI is InChI=1S/C16H17N5O2S2/c1-9-13(7-11-3-5-12(22)6-4-11)18-15(17-9)24-8-14(23)19-16-21-20-10(2)25-16/h3-6,22H,7-8H2,1-2H3,(H,17,18)(H,19,21,23). The van der Waals surface area contributed by atoms with Gasteiger partial charge in [-0.15, -0.1) is 10.2 Å². The molecule has 0 saturated heterocycles. The van der Waals surface area contributed by atoms with Gasteiger partial charge in [0.05, 0.1) is 11.4 Å². The lowest BCUT2D eigenvalue weighted by Gasteiger charge is -2.00. The quantitative estimate of drug-likeness (QED) is 0.572. The fraction of sp³-hybridized carbons (Fsp3) is 0.250. The van der Waals surface area contributed by atoms with Crippen LogP contribution in [0.1, 0.15) is 22.0 Å². The van der Waals surface area contributed by atoms with Crippen molar-refractivity contribution in [2.24, 2.45) is 0 Å². The Labute approximate surface area is 152 Å². The second kappa shape index (κ2) is 7.66. The van der Waals surface area contributed by atoms with Gasteiger partial charge >= 0.3 is 0 Å². The number of anilines is 1. The third-order valence-electron chi connectivity index (χ3n) is 3.38. The molecule has 7 nitrogen and oxygen atoms in total. The van der Waals surface area contributed by atoms with Gasteiger partial charge in [-0.25, -0.2) is 4.98 Å². The molecule has 1 aromatic carbocycles. The number of aromatic hydroxyl groups is 1. The molecule has 0 aliphatic carbocycles. The largest absolute Gasteiger partial charge is 0.508 e. The molecule has 0 aliphatic rings. The van der Waals surface area contributed by atoms with Crippen molar-refractivity contribution in [1.82, 2.24) is 20.2 Å². The van der Waals surface area contributed by atoms with Crippen LogP contribution in [0.2, 0.25) is 0 Å². The Kier molecular flexibility index (Phi) is 5.34. The zero-order chi connectivity index (χ0) is 17.8. The molecule has 25 heavy (non-hydrogen) atoms. The Hall–Kier alpha value is -2.39. The van der Waals surface area contributed by atoms with Gasteiger partial charge in [0.2, 0.25) is 11.0 Å². The van der Waals surface area contributed by atoms with Gasteiger partial charge in [-0.1, -0.05) is 35.2 Å². The Morgan fingerprint density at radius 1 is 1.28 bits per heavy atom. The van der Waals surface area contributed by atoms with Gasteiger partial charge in [0.25, 0.3) is 0 Å². The van der Waals surface area contributed by atoms with E-state index < -0.39 is 0 Å². The maximum Gasteiger partial charge on any atom is 0.236 e. The number of hydrogen-bond acceptors (Lipinski definition) is 7. The lowest BCUT2D eigenvalue weighted by atomic mass is 10.1. The van der Waals surface area contributed by atoms with Gasteiger partial charge in [0.15, 0.2) is 5.16 Å². The zero-order valence-corrected chi connectivity index (χ0v) is 15.4. The Morgan fingerprint density at radius 3 is 2.72 bits per heavy atom. The molecule has 0 spiro atoms. The first-order chi connectivity index (χ1) is 12.0. The molecular weight excluding hydrogens is 358 g/mol. The summed E-state index contributed by atoms with van der Waals surface area (Å²) < 4.78 is 0. The van der Waals surface area contributed by atoms with E-state index in [1.54, 1.807) is 12.1 Å². The summed E-state index contributed by atoms with van der Waals surface area (Å²) in [6, 6.07) is 7.06. The highest BCUT2D eigenvalue weighted by atomic mass is 32.2. The number of hydrogen-bond donors (Lipinski definition) is 3. The van der Waals surface area contributed by atoms with E-state index in [9.17, 15) is 9.90 Å². The van der Waals surface area contributed by atoms with Gasteiger partial charge in [-0.2, -0.15) is 0 Å². The summed E-state index contributed by atoms with van der Waals surface area (Å²) in [6.07, 6.45) is 0.666. The highest BCUT2D eigenvalue weighted by molar-refractivity contribution is 7.99. The van der Waals surface area contributed by atoms with Crippen LogP contribution >= 0.6 is 23.1 Å². The molecule has 3 N–H and O–H groups in total. The first-order valence-electron chi connectivity index (χ1n) is 7.56. The molecule has 9 heteroatoms. The van der Waals surface area contributed by atoms with Crippen molar-refractivity contribution >= 4 is 34.1 Å². The first kappa shape index (κ1) is 17.4.